The van der Waals surface area contributed by atoms with Gasteiger partial charge in [-0.25, -0.2) is 13.7 Å². The molecule has 12 nitrogen and oxygen atoms in total. The Bertz CT molecular complexity index is 3930. The van der Waals surface area contributed by atoms with Crippen molar-refractivity contribution in [3.05, 3.63) is 173 Å². The first-order valence-electron chi connectivity index (χ1n) is 35.7. The molecule has 0 N–H and O–H groups in total. The van der Waals surface area contributed by atoms with Crippen molar-refractivity contribution in [2.45, 2.75) is 314 Å². The number of phosphoric ester groups is 3. The van der Waals surface area contributed by atoms with Crippen molar-refractivity contribution in [3.63, 3.8) is 0 Å². The quantitative estimate of drug-likeness (QED) is 0.121. The van der Waals surface area contributed by atoms with Gasteiger partial charge in [0.1, 0.15) is 34.5 Å². The summed E-state index contributed by atoms with van der Waals surface area (Å²) in [7, 11) is -14.0. The molecule has 0 atom stereocenters. The van der Waals surface area contributed by atoms with E-state index < -0.39 is 23.5 Å². The number of rotatable bonds is 4. The third-order valence-electron chi connectivity index (χ3n) is 19.2. The first kappa shape index (κ1) is 92.1. The van der Waals surface area contributed by atoms with Gasteiger partial charge in [0.15, 0.2) is 0 Å². The van der Waals surface area contributed by atoms with Crippen LogP contribution in [0, 0.1) is 0 Å². The van der Waals surface area contributed by atoms with Crippen LogP contribution in [0.25, 0.3) is 0 Å². The summed E-state index contributed by atoms with van der Waals surface area (Å²) in [6.45, 7) is 70.1. The Morgan fingerprint density at radius 2 is 0.520 bits per heavy atom. The third-order valence-corrected chi connectivity index (χ3v) is 21.6. The average molecular weight is 1480 g/mol. The molecular weight excluding hydrogens is 1360 g/mol. The van der Waals surface area contributed by atoms with Crippen LogP contribution in [0.2, 0.25) is 0 Å². The molecule has 102 heavy (non-hydrogen) atoms. The molecule has 3 aliphatic rings. The SMILES string of the molecule is CC(C)(C)c1cc2c(c(C(C)(C)C)c1)OP(=O)([O-])Oc1c(cc(C(C)(C)C)cc1C(C)(C)C)C2.CC(C)c1cc2c(c(C(C)C)c1)OP(=O)([O-])Oc1c(cc(C(C)C)cc1C(C)C)C2.CC1c2cc(C(C)(C)C)cc(C(C)(C)C)c2OP(=O)([O-])Oc2c1cc(C(C)(C)C)cc2C(C)(C)C.[Na+].[Na+].[Na+]. The molecule has 0 amide bonds. The Hall–Kier alpha value is -2.31. The van der Waals surface area contributed by atoms with E-state index in [4.69, 9.17) is 27.1 Å². The molecule has 546 valence electrons. The van der Waals surface area contributed by atoms with Gasteiger partial charge in [-0.3, -0.25) is 0 Å². The van der Waals surface area contributed by atoms with E-state index in [1.807, 2.05) is 0 Å². The Balaban J connectivity index is 0.000000320. The third kappa shape index (κ3) is 22.0. The van der Waals surface area contributed by atoms with E-state index in [0.29, 0.717) is 59.2 Å². The summed E-state index contributed by atoms with van der Waals surface area (Å²) in [4.78, 5) is 39.5. The van der Waals surface area contributed by atoms with Gasteiger partial charge in [-0.15, -0.1) is 0 Å². The zero-order valence-electron chi connectivity index (χ0n) is 69.5. The summed E-state index contributed by atoms with van der Waals surface area (Å²) in [5, 5.41) is 0. The molecule has 0 aliphatic carbocycles. The molecule has 6 aromatic carbocycles. The van der Waals surface area contributed by atoms with Crippen LogP contribution in [-0.2, 0) is 69.9 Å². The van der Waals surface area contributed by atoms with Crippen LogP contribution in [0.3, 0.4) is 0 Å². The van der Waals surface area contributed by atoms with E-state index in [2.05, 4.69) is 301 Å². The average Bonchev–Trinajstić information content (AvgIpc) is 0.747. The predicted molar refractivity (Wildman–Crippen MR) is 404 cm³/mol. The summed E-state index contributed by atoms with van der Waals surface area (Å²) >= 11 is 0. The molecule has 0 unspecified atom stereocenters. The summed E-state index contributed by atoms with van der Waals surface area (Å²) in [6, 6.07) is 25.2. The Morgan fingerprint density at radius 3 is 0.745 bits per heavy atom. The Labute approximate surface area is 682 Å². The molecule has 0 fully saturated rings. The molecular formula is C84H120Na3O12P3. The fraction of sp³-hybridized carbons (Fsp3) is 0.571. The molecule has 0 saturated heterocycles. The number of benzene rings is 6. The maximum atomic E-state index is 13.4. The monoisotopic (exact) mass is 1480 g/mol. The van der Waals surface area contributed by atoms with Crippen molar-refractivity contribution in [1.82, 2.24) is 0 Å². The molecule has 0 radical (unpaired) electrons. The van der Waals surface area contributed by atoms with E-state index in [1.165, 1.54) is 11.1 Å². The molecule has 9 rings (SSSR count). The molecule has 3 heterocycles. The van der Waals surface area contributed by atoms with Crippen molar-refractivity contribution in [1.29, 1.82) is 0 Å². The summed E-state index contributed by atoms with van der Waals surface area (Å²) in [5.41, 5.74) is 16.0. The van der Waals surface area contributed by atoms with Crippen LogP contribution < -0.4 is 130 Å². The van der Waals surface area contributed by atoms with Crippen LogP contribution in [0.4, 0.5) is 0 Å². The number of phosphoric acid groups is 3. The predicted octanol–water partition coefficient (Wildman–Crippen LogP) is 14.0. The zero-order chi connectivity index (χ0) is 75.4. The number of fused-ring (bicyclic) bond motifs is 6. The van der Waals surface area contributed by atoms with Crippen LogP contribution >= 0.6 is 23.5 Å². The van der Waals surface area contributed by atoms with Crippen molar-refractivity contribution < 1.29 is 144 Å². The van der Waals surface area contributed by atoms with Gasteiger partial charge in [-0.05, 0) is 134 Å². The van der Waals surface area contributed by atoms with Crippen molar-refractivity contribution >= 4 is 23.5 Å². The molecule has 3 aliphatic heterocycles. The van der Waals surface area contributed by atoms with Crippen LogP contribution in [0.1, 0.15) is 358 Å². The fourth-order valence-corrected chi connectivity index (χ4v) is 15.5. The molecule has 6 aromatic rings. The van der Waals surface area contributed by atoms with Gasteiger partial charge in [-0.2, -0.15) is 0 Å². The van der Waals surface area contributed by atoms with E-state index in [0.717, 1.165) is 89.0 Å². The summed E-state index contributed by atoms with van der Waals surface area (Å²) < 4.78 is 73.9. The van der Waals surface area contributed by atoms with Gasteiger partial charge in [-0.1, -0.05) is 301 Å². The summed E-state index contributed by atoms with van der Waals surface area (Å²) in [6.07, 6.45) is 1.11. The zero-order valence-corrected chi connectivity index (χ0v) is 78.2. The van der Waals surface area contributed by atoms with Gasteiger partial charge in [0.25, 0.3) is 0 Å². The fourth-order valence-electron chi connectivity index (χ4n) is 12.8. The second kappa shape index (κ2) is 32.3. The van der Waals surface area contributed by atoms with Crippen LogP contribution in [-0.4, -0.2) is 0 Å². The van der Waals surface area contributed by atoms with E-state index in [9.17, 15) is 28.4 Å². The van der Waals surface area contributed by atoms with Crippen molar-refractivity contribution in [2.24, 2.45) is 0 Å². The first-order valence-corrected chi connectivity index (χ1v) is 40.1. The number of hydrogen-bond acceptors (Lipinski definition) is 12. The minimum atomic E-state index is -4.70. The topological polar surface area (TPSA) is 176 Å². The molecule has 18 heteroatoms. The number of hydrogen-bond donors (Lipinski definition) is 0. The second-order valence-corrected chi connectivity index (χ2v) is 41.5. The van der Waals surface area contributed by atoms with Gasteiger partial charge in [0, 0.05) is 52.1 Å². The maximum Gasteiger partial charge on any atom is 1.00 e. The minimum absolute atomic E-state index is 0. The normalized spacial score (nSPS) is 17.4. The Morgan fingerprint density at radius 1 is 0.304 bits per heavy atom. The van der Waals surface area contributed by atoms with Gasteiger partial charge >= 0.3 is 112 Å². The standard InChI is InChI=1S/C30H45O4P.C29H43O4P.C25H35O4P.3Na/c1-18-21-14-19(27(2,3)4)16-23(29(8,9)10)25(21)33-35(31,32)34-26-22(18)15-20(28(5,6)7)17-24(26)30(11,12)13;1-26(2,3)20-14-18-13-19-15-21(27(4,5)6)17-23(29(10,11)12)25(19)33-34(30,31)32-24(18)22(16-20)28(7,8)9;1-14(2)18-9-20-11-21-10-19(15(3)4)13-23(17(7)8)25(21)29-30(26,27)28-24(20)22(12-18)16(5)6;;;/h14-18H,1-13H3,(H,31,32);14-17H,13H2,1-12H3,(H,30,31);9-10,12-17H,11H2,1-8H3,(H,26,27);;;/q;;;3*+1/p-3. The van der Waals surface area contributed by atoms with E-state index >= 15 is 0 Å². The van der Waals surface area contributed by atoms with E-state index in [-0.39, 0.29) is 150 Å². The van der Waals surface area contributed by atoms with Gasteiger partial charge in [0.05, 0.1) is 0 Å². The molecule has 0 bridgehead atoms. The van der Waals surface area contributed by atoms with Crippen LogP contribution in [0.15, 0.2) is 72.8 Å². The summed E-state index contributed by atoms with van der Waals surface area (Å²) in [5.74, 6) is 3.27. The largest absolute Gasteiger partial charge is 1.00 e. The van der Waals surface area contributed by atoms with Crippen LogP contribution in [0.5, 0.6) is 34.5 Å². The van der Waals surface area contributed by atoms with E-state index in [1.54, 1.807) is 0 Å². The Kier molecular flexibility index (Phi) is 29.2. The maximum absolute atomic E-state index is 13.4. The van der Waals surface area contributed by atoms with Gasteiger partial charge in [0.2, 0.25) is 0 Å². The van der Waals surface area contributed by atoms with Crippen molar-refractivity contribution in [2.75, 3.05) is 0 Å². The smallest absolute Gasteiger partial charge is 0.736 e. The van der Waals surface area contributed by atoms with Crippen molar-refractivity contribution in [3.8, 4) is 34.5 Å². The minimum Gasteiger partial charge on any atom is -0.736 e. The molecule has 0 spiro atoms. The molecule has 0 aromatic heterocycles. The second-order valence-electron chi connectivity index (χ2n) is 37.7. The first-order chi connectivity index (χ1) is 44.5. The molecule has 0 saturated carbocycles. The van der Waals surface area contributed by atoms with Gasteiger partial charge < -0.3 is 41.8 Å².